The minimum absolute atomic E-state index is 0.148. The maximum atomic E-state index is 6.15. The Kier molecular flexibility index (Phi) is 4.57. The zero-order chi connectivity index (χ0) is 14.9. The third-order valence-electron chi connectivity index (χ3n) is 2.58. The summed E-state index contributed by atoms with van der Waals surface area (Å²) in [5.74, 6) is 1.38. The van der Waals surface area contributed by atoms with Crippen molar-refractivity contribution in [2.45, 2.75) is 26.2 Å². The van der Waals surface area contributed by atoms with Gasteiger partial charge in [0, 0.05) is 11.5 Å². The Bertz CT molecular complexity index is 619. The second kappa shape index (κ2) is 5.88. The highest BCUT2D eigenvalue weighted by Crippen LogP contribution is 2.33. The van der Waals surface area contributed by atoms with E-state index in [2.05, 4.69) is 52.0 Å². The molecule has 0 spiro atoms. The van der Waals surface area contributed by atoms with Crippen molar-refractivity contribution in [3.8, 4) is 0 Å². The monoisotopic (exact) mass is 373 g/mol. The number of nitrogens with one attached hydrogen (secondary N) is 1. The molecule has 1 N–H and O–H groups in total. The number of anilines is 2. The summed E-state index contributed by atoms with van der Waals surface area (Å²) in [5, 5.41) is 4.24. The summed E-state index contributed by atoms with van der Waals surface area (Å²) in [6.45, 7) is 6.17. The number of benzene rings is 1. The van der Waals surface area contributed by atoms with Gasteiger partial charge in [-0.15, -0.1) is 0 Å². The van der Waals surface area contributed by atoms with Gasteiger partial charge in [-0.1, -0.05) is 50.0 Å². The normalized spacial score (nSPS) is 11.5. The molecule has 1 aromatic heterocycles. The van der Waals surface area contributed by atoms with Gasteiger partial charge < -0.3 is 5.32 Å². The standard InChI is InChI=1S/C14H14BrCl2N3/c1-14(2,3)13-18-10(15)7-11(20-13)19-12-8(16)5-4-6-9(12)17/h4-7H,1-3H3,(H,18,19,20). The van der Waals surface area contributed by atoms with Crippen LogP contribution in [0, 0.1) is 0 Å². The van der Waals surface area contributed by atoms with E-state index < -0.39 is 0 Å². The summed E-state index contributed by atoms with van der Waals surface area (Å²) in [6.07, 6.45) is 0. The molecule has 20 heavy (non-hydrogen) atoms. The van der Waals surface area contributed by atoms with E-state index in [1.807, 2.05) is 0 Å². The van der Waals surface area contributed by atoms with Gasteiger partial charge in [-0.25, -0.2) is 9.97 Å². The highest BCUT2D eigenvalue weighted by Gasteiger charge is 2.19. The first-order chi connectivity index (χ1) is 9.27. The quantitative estimate of drug-likeness (QED) is 0.696. The summed E-state index contributed by atoms with van der Waals surface area (Å²) < 4.78 is 0.711. The predicted molar refractivity (Wildman–Crippen MR) is 88.2 cm³/mol. The van der Waals surface area contributed by atoms with Crippen LogP contribution in [0.25, 0.3) is 0 Å². The van der Waals surface area contributed by atoms with E-state index in [0.29, 0.717) is 26.2 Å². The molecular weight excluding hydrogens is 361 g/mol. The Morgan fingerprint density at radius 3 is 2.25 bits per heavy atom. The van der Waals surface area contributed by atoms with Gasteiger partial charge in [0.05, 0.1) is 15.7 Å². The molecule has 0 bridgehead atoms. The van der Waals surface area contributed by atoms with Crippen LogP contribution in [-0.2, 0) is 5.41 Å². The molecule has 6 heteroatoms. The molecule has 1 aromatic carbocycles. The van der Waals surface area contributed by atoms with Crippen molar-refractivity contribution >= 4 is 50.6 Å². The van der Waals surface area contributed by atoms with Crippen molar-refractivity contribution in [1.29, 1.82) is 0 Å². The van der Waals surface area contributed by atoms with Gasteiger partial charge in [-0.2, -0.15) is 0 Å². The molecular formula is C14H14BrCl2N3. The van der Waals surface area contributed by atoms with E-state index in [1.165, 1.54) is 0 Å². The zero-order valence-corrected chi connectivity index (χ0v) is 14.4. The number of rotatable bonds is 2. The highest BCUT2D eigenvalue weighted by molar-refractivity contribution is 9.10. The molecule has 0 saturated carbocycles. The average Bonchev–Trinajstić information content (AvgIpc) is 2.32. The Morgan fingerprint density at radius 1 is 1.10 bits per heavy atom. The zero-order valence-electron chi connectivity index (χ0n) is 11.3. The number of nitrogens with zero attached hydrogens (tertiary/aromatic N) is 2. The molecule has 2 rings (SSSR count). The lowest BCUT2D eigenvalue weighted by atomic mass is 9.96. The number of halogens is 3. The van der Waals surface area contributed by atoms with Gasteiger partial charge in [0.1, 0.15) is 16.2 Å². The molecule has 106 valence electrons. The summed E-state index contributed by atoms with van der Waals surface area (Å²) in [7, 11) is 0. The fraction of sp³-hybridized carbons (Fsp3) is 0.286. The smallest absolute Gasteiger partial charge is 0.137 e. The first kappa shape index (κ1) is 15.5. The van der Waals surface area contributed by atoms with Crippen LogP contribution in [0.4, 0.5) is 11.5 Å². The molecule has 0 aliphatic rings. The third kappa shape index (κ3) is 3.62. The molecule has 0 aliphatic heterocycles. The predicted octanol–water partition coefficient (Wildman–Crippen LogP) is 5.59. The average molecular weight is 375 g/mol. The largest absolute Gasteiger partial charge is 0.338 e. The summed E-state index contributed by atoms with van der Waals surface area (Å²) in [4.78, 5) is 8.90. The maximum Gasteiger partial charge on any atom is 0.137 e. The Labute approximate surface area is 136 Å². The van der Waals surface area contributed by atoms with Gasteiger partial charge in [0.15, 0.2) is 0 Å². The molecule has 0 fully saturated rings. The van der Waals surface area contributed by atoms with Crippen molar-refractivity contribution in [3.05, 3.63) is 44.7 Å². The highest BCUT2D eigenvalue weighted by atomic mass is 79.9. The summed E-state index contributed by atoms with van der Waals surface area (Å²) in [6, 6.07) is 7.13. The molecule has 0 saturated heterocycles. The van der Waals surface area contributed by atoms with Crippen LogP contribution in [-0.4, -0.2) is 9.97 Å². The lowest BCUT2D eigenvalue weighted by Crippen LogP contribution is -2.17. The SMILES string of the molecule is CC(C)(C)c1nc(Br)cc(Nc2c(Cl)cccc2Cl)n1. The molecule has 3 nitrogen and oxygen atoms in total. The lowest BCUT2D eigenvalue weighted by molar-refractivity contribution is 0.544. The topological polar surface area (TPSA) is 37.8 Å². The molecule has 0 unspecified atom stereocenters. The van der Waals surface area contributed by atoms with E-state index in [9.17, 15) is 0 Å². The van der Waals surface area contributed by atoms with Crippen molar-refractivity contribution in [2.75, 3.05) is 5.32 Å². The van der Waals surface area contributed by atoms with Crippen LogP contribution in [0.5, 0.6) is 0 Å². The fourth-order valence-electron chi connectivity index (χ4n) is 1.56. The molecule has 1 heterocycles. The van der Waals surface area contributed by atoms with E-state index in [1.54, 1.807) is 24.3 Å². The molecule has 0 radical (unpaired) electrons. The van der Waals surface area contributed by atoms with Gasteiger partial charge >= 0.3 is 0 Å². The molecule has 0 atom stereocenters. The molecule has 2 aromatic rings. The second-order valence-electron chi connectivity index (χ2n) is 5.37. The minimum Gasteiger partial charge on any atom is -0.338 e. The second-order valence-corrected chi connectivity index (χ2v) is 7.00. The van der Waals surface area contributed by atoms with Crippen molar-refractivity contribution in [3.63, 3.8) is 0 Å². The number of hydrogen-bond acceptors (Lipinski definition) is 3. The van der Waals surface area contributed by atoms with Crippen LogP contribution >= 0.6 is 39.1 Å². The van der Waals surface area contributed by atoms with E-state index in [0.717, 1.165) is 5.82 Å². The summed E-state index contributed by atoms with van der Waals surface area (Å²) in [5.41, 5.74) is 0.492. The van der Waals surface area contributed by atoms with Crippen molar-refractivity contribution < 1.29 is 0 Å². The molecule has 0 aliphatic carbocycles. The van der Waals surface area contributed by atoms with Crippen LogP contribution < -0.4 is 5.32 Å². The van der Waals surface area contributed by atoms with Crippen LogP contribution in [0.3, 0.4) is 0 Å². The van der Waals surface area contributed by atoms with E-state index in [-0.39, 0.29) is 5.41 Å². The Balaban J connectivity index is 2.42. The van der Waals surface area contributed by atoms with E-state index in [4.69, 9.17) is 23.2 Å². The van der Waals surface area contributed by atoms with Crippen LogP contribution in [0.2, 0.25) is 10.0 Å². The number of para-hydroxylation sites is 1. The fourth-order valence-corrected chi connectivity index (χ4v) is 2.44. The number of hydrogen-bond donors (Lipinski definition) is 1. The molecule has 0 amide bonds. The van der Waals surface area contributed by atoms with Crippen molar-refractivity contribution in [1.82, 2.24) is 9.97 Å². The van der Waals surface area contributed by atoms with E-state index >= 15 is 0 Å². The van der Waals surface area contributed by atoms with Gasteiger partial charge in [-0.3, -0.25) is 0 Å². The first-order valence-electron chi connectivity index (χ1n) is 6.03. The third-order valence-corrected chi connectivity index (χ3v) is 3.62. The Morgan fingerprint density at radius 2 is 1.70 bits per heavy atom. The van der Waals surface area contributed by atoms with Crippen molar-refractivity contribution in [2.24, 2.45) is 0 Å². The Hall–Kier alpha value is -0.840. The van der Waals surface area contributed by atoms with Gasteiger partial charge in [0.2, 0.25) is 0 Å². The van der Waals surface area contributed by atoms with Crippen LogP contribution in [0.1, 0.15) is 26.6 Å². The lowest BCUT2D eigenvalue weighted by Gasteiger charge is -2.18. The number of aromatic nitrogens is 2. The van der Waals surface area contributed by atoms with Gasteiger partial charge in [-0.05, 0) is 28.1 Å². The van der Waals surface area contributed by atoms with Gasteiger partial charge in [0.25, 0.3) is 0 Å². The summed E-state index contributed by atoms with van der Waals surface area (Å²) >= 11 is 15.7. The van der Waals surface area contributed by atoms with Crippen LogP contribution in [0.15, 0.2) is 28.9 Å². The first-order valence-corrected chi connectivity index (χ1v) is 7.58. The maximum absolute atomic E-state index is 6.15. The minimum atomic E-state index is -0.148.